The highest BCUT2D eigenvalue weighted by atomic mass is 32.2. The van der Waals surface area contributed by atoms with Crippen molar-refractivity contribution in [1.82, 2.24) is 9.21 Å². The number of methoxy groups -OCH3 is 1. The van der Waals surface area contributed by atoms with E-state index in [4.69, 9.17) is 4.74 Å². The number of rotatable bonds is 5. The molecule has 2 aromatic rings. The van der Waals surface area contributed by atoms with Crippen LogP contribution >= 0.6 is 11.3 Å². The highest BCUT2D eigenvalue weighted by molar-refractivity contribution is 7.91. The van der Waals surface area contributed by atoms with E-state index in [1.54, 1.807) is 23.5 Å². The number of hydrogen-bond acceptors (Lipinski definition) is 5. The van der Waals surface area contributed by atoms with Crippen LogP contribution in [-0.2, 0) is 16.6 Å². The number of ether oxygens (including phenoxy) is 1. The van der Waals surface area contributed by atoms with Crippen LogP contribution in [0.1, 0.15) is 24.8 Å². The summed E-state index contributed by atoms with van der Waals surface area (Å²) in [4.78, 5) is 2.47. The van der Waals surface area contributed by atoms with E-state index >= 15 is 0 Å². The molecule has 1 atom stereocenters. The van der Waals surface area contributed by atoms with Crippen LogP contribution in [-0.4, -0.2) is 50.9 Å². The Morgan fingerprint density at radius 3 is 2.81 bits per heavy atom. The molecule has 3 heterocycles. The summed E-state index contributed by atoms with van der Waals surface area (Å²) in [5, 5.41) is 1.83. The second-order valence-corrected chi connectivity index (χ2v) is 10.8. The van der Waals surface area contributed by atoms with E-state index in [0.717, 1.165) is 44.6 Å². The Labute approximate surface area is 165 Å². The van der Waals surface area contributed by atoms with Crippen LogP contribution in [0.25, 0.3) is 0 Å². The van der Waals surface area contributed by atoms with Crippen LogP contribution < -0.4 is 4.74 Å². The Morgan fingerprint density at radius 2 is 2.04 bits per heavy atom. The van der Waals surface area contributed by atoms with E-state index in [1.165, 1.54) is 16.9 Å². The molecular formula is C20H26N2O3S2. The fourth-order valence-corrected chi connectivity index (χ4v) is 7.14. The predicted octanol–water partition coefficient (Wildman–Crippen LogP) is 3.43. The molecule has 0 amide bonds. The number of nitrogens with zero attached hydrogens (tertiary/aromatic N) is 2. The third-order valence-electron chi connectivity index (χ3n) is 5.77. The average molecular weight is 407 g/mol. The largest absolute Gasteiger partial charge is 0.497 e. The lowest BCUT2D eigenvalue weighted by Crippen LogP contribution is -2.44. The zero-order valence-corrected chi connectivity index (χ0v) is 17.3. The maximum absolute atomic E-state index is 12.9. The standard InChI is InChI=1S/C20H26N2O3S2/c1-25-18-6-2-5-17(13-18)14-21-10-4-8-20(15-21)9-11-22(16-20)27(23,24)19-7-3-12-26-19/h2-3,5-7,12-13H,4,8-11,14-16H2,1H3/t20-/m0/s1. The van der Waals surface area contributed by atoms with Crippen LogP contribution in [0.3, 0.4) is 0 Å². The van der Waals surface area contributed by atoms with Gasteiger partial charge in [0.05, 0.1) is 7.11 Å². The monoisotopic (exact) mass is 406 g/mol. The van der Waals surface area contributed by atoms with Gasteiger partial charge in [0.1, 0.15) is 9.96 Å². The van der Waals surface area contributed by atoms with Crippen molar-refractivity contribution in [2.24, 2.45) is 5.41 Å². The van der Waals surface area contributed by atoms with E-state index < -0.39 is 10.0 Å². The first-order chi connectivity index (χ1) is 13.0. The van der Waals surface area contributed by atoms with Gasteiger partial charge in [0.2, 0.25) is 0 Å². The zero-order chi connectivity index (χ0) is 18.9. The van der Waals surface area contributed by atoms with Gasteiger partial charge in [-0.05, 0) is 60.4 Å². The van der Waals surface area contributed by atoms with Crippen molar-refractivity contribution in [3.05, 3.63) is 47.3 Å². The molecule has 4 rings (SSSR count). The summed E-state index contributed by atoms with van der Waals surface area (Å²) in [7, 11) is -1.65. The minimum atomic E-state index is -3.34. The summed E-state index contributed by atoms with van der Waals surface area (Å²) in [6, 6.07) is 11.7. The molecule has 0 N–H and O–H groups in total. The second-order valence-electron chi connectivity index (χ2n) is 7.69. The molecule has 0 radical (unpaired) electrons. The lowest BCUT2D eigenvalue weighted by molar-refractivity contribution is 0.0934. The SMILES string of the molecule is COc1cccc(CN2CCC[C@]3(CCN(S(=O)(=O)c4cccs4)C3)C2)c1. The van der Waals surface area contributed by atoms with Crippen molar-refractivity contribution in [3.8, 4) is 5.75 Å². The molecule has 1 aromatic heterocycles. The van der Waals surface area contributed by atoms with Gasteiger partial charge < -0.3 is 4.74 Å². The van der Waals surface area contributed by atoms with Crippen molar-refractivity contribution in [2.45, 2.75) is 30.0 Å². The van der Waals surface area contributed by atoms with Gasteiger partial charge in [-0.3, -0.25) is 4.90 Å². The minimum Gasteiger partial charge on any atom is -0.497 e. The molecule has 1 aromatic carbocycles. The van der Waals surface area contributed by atoms with Gasteiger partial charge in [-0.15, -0.1) is 11.3 Å². The van der Waals surface area contributed by atoms with E-state index in [2.05, 4.69) is 17.0 Å². The van der Waals surface area contributed by atoms with Crippen molar-refractivity contribution >= 4 is 21.4 Å². The third kappa shape index (κ3) is 3.92. The van der Waals surface area contributed by atoms with Gasteiger partial charge in [-0.25, -0.2) is 8.42 Å². The Balaban J connectivity index is 1.45. The molecule has 5 nitrogen and oxygen atoms in total. The van der Waals surface area contributed by atoms with Crippen molar-refractivity contribution in [2.75, 3.05) is 33.3 Å². The van der Waals surface area contributed by atoms with Gasteiger partial charge in [0.25, 0.3) is 10.0 Å². The number of benzene rings is 1. The lowest BCUT2D eigenvalue weighted by atomic mass is 9.79. The lowest BCUT2D eigenvalue weighted by Gasteiger charge is -2.40. The quantitative estimate of drug-likeness (QED) is 0.763. The molecule has 2 aliphatic rings. The van der Waals surface area contributed by atoms with Crippen molar-refractivity contribution < 1.29 is 13.2 Å². The molecule has 0 saturated carbocycles. The first-order valence-corrected chi connectivity index (χ1v) is 11.7. The van der Waals surface area contributed by atoms with Gasteiger partial charge in [0.15, 0.2) is 0 Å². The minimum absolute atomic E-state index is 0.0848. The van der Waals surface area contributed by atoms with Crippen molar-refractivity contribution in [3.63, 3.8) is 0 Å². The van der Waals surface area contributed by atoms with Crippen molar-refractivity contribution in [1.29, 1.82) is 0 Å². The average Bonchev–Trinajstić information content (AvgIpc) is 3.33. The van der Waals surface area contributed by atoms with Gasteiger partial charge in [0, 0.05) is 26.2 Å². The summed E-state index contributed by atoms with van der Waals surface area (Å²) in [6.45, 7) is 4.18. The van der Waals surface area contributed by atoms with Gasteiger partial charge in [-0.2, -0.15) is 4.31 Å². The van der Waals surface area contributed by atoms with Crippen LogP contribution in [0.2, 0.25) is 0 Å². The summed E-state index contributed by atoms with van der Waals surface area (Å²) >= 11 is 1.31. The maximum atomic E-state index is 12.9. The highest BCUT2D eigenvalue weighted by Gasteiger charge is 2.45. The van der Waals surface area contributed by atoms with Crippen LogP contribution in [0, 0.1) is 5.41 Å². The molecule has 2 saturated heterocycles. The molecule has 0 unspecified atom stereocenters. The smallest absolute Gasteiger partial charge is 0.252 e. The molecule has 0 aliphatic carbocycles. The molecule has 146 valence electrons. The predicted molar refractivity (Wildman–Crippen MR) is 108 cm³/mol. The summed E-state index contributed by atoms with van der Waals surface area (Å²) in [6.07, 6.45) is 3.18. The molecule has 2 fully saturated rings. The Morgan fingerprint density at radius 1 is 1.15 bits per heavy atom. The van der Waals surface area contributed by atoms with Gasteiger partial charge in [-0.1, -0.05) is 18.2 Å². The Bertz CT molecular complexity index is 882. The zero-order valence-electron chi connectivity index (χ0n) is 15.6. The van der Waals surface area contributed by atoms with Crippen LogP contribution in [0.4, 0.5) is 0 Å². The fourth-order valence-electron chi connectivity index (χ4n) is 4.44. The summed E-state index contributed by atoms with van der Waals surface area (Å²) < 4.78 is 33.2. The van der Waals surface area contributed by atoms with E-state index in [9.17, 15) is 8.42 Å². The first-order valence-electron chi connectivity index (χ1n) is 9.40. The van der Waals surface area contributed by atoms with Crippen LogP contribution in [0.15, 0.2) is 46.0 Å². The second kappa shape index (κ2) is 7.54. The maximum Gasteiger partial charge on any atom is 0.252 e. The Kier molecular flexibility index (Phi) is 5.29. The normalized spacial score (nSPS) is 24.5. The molecule has 2 aliphatic heterocycles. The first kappa shape index (κ1) is 18.9. The summed E-state index contributed by atoms with van der Waals surface area (Å²) in [5.74, 6) is 0.883. The van der Waals surface area contributed by atoms with Crippen LogP contribution in [0.5, 0.6) is 5.75 Å². The number of hydrogen-bond donors (Lipinski definition) is 0. The third-order valence-corrected chi connectivity index (χ3v) is 8.99. The fraction of sp³-hybridized carbons (Fsp3) is 0.500. The number of piperidine rings is 1. The summed E-state index contributed by atoms with van der Waals surface area (Å²) in [5.41, 5.74) is 1.33. The molecule has 1 spiro atoms. The molecule has 27 heavy (non-hydrogen) atoms. The molecule has 0 bridgehead atoms. The highest BCUT2D eigenvalue weighted by Crippen LogP contribution is 2.41. The van der Waals surface area contributed by atoms with E-state index in [-0.39, 0.29) is 5.41 Å². The molecule has 7 heteroatoms. The van der Waals surface area contributed by atoms with E-state index in [0.29, 0.717) is 17.3 Å². The topological polar surface area (TPSA) is 49.9 Å². The number of thiophene rings is 1. The van der Waals surface area contributed by atoms with E-state index in [1.807, 2.05) is 17.5 Å². The van der Waals surface area contributed by atoms with Gasteiger partial charge >= 0.3 is 0 Å². The molecular weight excluding hydrogens is 380 g/mol. The number of likely N-dealkylation sites (tertiary alicyclic amines) is 1. The Hall–Kier alpha value is -1.41. The number of sulfonamides is 1.